The van der Waals surface area contributed by atoms with Gasteiger partial charge in [0.25, 0.3) is 0 Å². The Labute approximate surface area is 180 Å². The topological polar surface area (TPSA) is 33.0 Å². The first-order chi connectivity index (χ1) is 14.8. The van der Waals surface area contributed by atoms with Gasteiger partial charge in [-0.2, -0.15) is 14.0 Å². The van der Waals surface area contributed by atoms with E-state index in [0.717, 1.165) is 36.5 Å². The fourth-order valence-electron chi connectivity index (χ4n) is 4.40. The van der Waals surface area contributed by atoms with Crippen LogP contribution in [-0.4, -0.2) is 6.61 Å². The van der Waals surface area contributed by atoms with E-state index in [9.17, 15) is 17.6 Å². The molecule has 166 valence electrons. The van der Waals surface area contributed by atoms with Gasteiger partial charge < -0.3 is 4.74 Å². The third kappa shape index (κ3) is 5.86. The molecule has 0 aromatic heterocycles. The van der Waals surface area contributed by atoms with Crippen molar-refractivity contribution in [1.82, 2.24) is 0 Å². The van der Waals surface area contributed by atoms with Crippen LogP contribution in [0.4, 0.5) is 17.6 Å². The van der Waals surface area contributed by atoms with Crippen LogP contribution in [0.2, 0.25) is 0 Å². The largest absolute Gasteiger partial charge is 0.383 e. The van der Waals surface area contributed by atoms with Gasteiger partial charge in [0.2, 0.25) is 0 Å². The summed E-state index contributed by atoms with van der Waals surface area (Å²) in [5, 5.41) is 8.68. The highest BCUT2D eigenvalue weighted by atomic mass is 19.3. The Morgan fingerprint density at radius 3 is 2.19 bits per heavy atom. The van der Waals surface area contributed by atoms with Crippen LogP contribution in [0.1, 0.15) is 73.6 Å². The van der Waals surface area contributed by atoms with Crippen molar-refractivity contribution in [2.45, 2.75) is 63.9 Å². The Morgan fingerprint density at radius 2 is 1.65 bits per heavy atom. The van der Waals surface area contributed by atoms with Crippen LogP contribution in [0.5, 0.6) is 0 Å². The van der Waals surface area contributed by atoms with E-state index in [1.165, 1.54) is 43.9 Å². The molecule has 0 heterocycles. The predicted molar refractivity (Wildman–Crippen MR) is 111 cm³/mol. The molecule has 2 aromatic carbocycles. The van der Waals surface area contributed by atoms with Crippen molar-refractivity contribution < 1.29 is 22.3 Å². The van der Waals surface area contributed by atoms with Crippen LogP contribution < -0.4 is 0 Å². The number of benzene rings is 2. The molecule has 2 aromatic rings. The summed E-state index contributed by atoms with van der Waals surface area (Å²) in [5.41, 5.74) is 0.305. The van der Waals surface area contributed by atoms with Crippen LogP contribution in [-0.2, 0) is 17.3 Å². The number of nitrogens with zero attached hydrogens (tertiary/aromatic N) is 1. The summed E-state index contributed by atoms with van der Waals surface area (Å²) < 4.78 is 60.9. The van der Waals surface area contributed by atoms with E-state index in [1.807, 2.05) is 0 Å². The standard InChI is InChI=1S/C25H27F4NO/c1-2-3-17-4-6-19(7-5-17)20-8-10-21(11-9-20)25(28,29)31-13-12-18-14-23(26)22(16-30)24(27)15-18/h8-11,14-15,17,19H,2-7,12-13H2,1H3. The molecule has 0 radical (unpaired) electrons. The maximum absolute atomic E-state index is 14.4. The minimum atomic E-state index is -3.50. The molecule has 0 aliphatic heterocycles. The van der Waals surface area contributed by atoms with Crippen molar-refractivity contribution in [2.24, 2.45) is 5.92 Å². The summed E-state index contributed by atoms with van der Waals surface area (Å²) in [7, 11) is 0. The van der Waals surface area contributed by atoms with Crippen molar-refractivity contribution in [1.29, 1.82) is 5.26 Å². The van der Waals surface area contributed by atoms with Crippen molar-refractivity contribution >= 4 is 0 Å². The van der Waals surface area contributed by atoms with Gasteiger partial charge in [0.05, 0.1) is 12.2 Å². The highest BCUT2D eigenvalue weighted by Crippen LogP contribution is 2.38. The van der Waals surface area contributed by atoms with Crippen molar-refractivity contribution in [2.75, 3.05) is 6.61 Å². The van der Waals surface area contributed by atoms with Crippen LogP contribution in [0.3, 0.4) is 0 Å². The predicted octanol–water partition coefficient (Wildman–Crippen LogP) is 7.22. The first-order valence-electron chi connectivity index (χ1n) is 10.8. The van der Waals surface area contributed by atoms with E-state index >= 15 is 0 Å². The molecule has 3 rings (SSSR count). The second-order valence-corrected chi connectivity index (χ2v) is 8.29. The number of hydrogen-bond acceptors (Lipinski definition) is 2. The van der Waals surface area contributed by atoms with Gasteiger partial charge >= 0.3 is 6.11 Å². The van der Waals surface area contributed by atoms with Crippen LogP contribution in [0.25, 0.3) is 0 Å². The normalized spacial score (nSPS) is 19.2. The second kappa shape index (κ2) is 10.3. The van der Waals surface area contributed by atoms with Gasteiger partial charge in [-0.15, -0.1) is 0 Å². The molecule has 1 saturated carbocycles. The molecule has 6 heteroatoms. The molecule has 1 aliphatic carbocycles. The maximum atomic E-state index is 14.4. The minimum Gasteiger partial charge on any atom is -0.316 e. The number of halogens is 4. The molecule has 0 atom stereocenters. The Hall–Kier alpha value is -2.39. The Balaban J connectivity index is 1.55. The second-order valence-electron chi connectivity index (χ2n) is 8.29. The molecular formula is C25H27F4NO. The first-order valence-corrected chi connectivity index (χ1v) is 10.8. The fraction of sp³-hybridized carbons (Fsp3) is 0.480. The number of ether oxygens (including phenoxy) is 1. The van der Waals surface area contributed by atoms with Gasteiger partial charge in [-0.05, 0) is 67.2 Å². The molecule has 1 aliphatic rings. The van der Waals surface area contributed by atoms with Crippen LogP contribution in [0.15, 0.2) is 36.4 Å². The lowest BCUT2D eigenvalue weighted by Gasteiger charge is -2.29. The van der Waals surface area contributed by atoms with E-state index in [1.54, 1.807) is 12.1 Å². The van der Waals surface area contributed by atoms with Gasteiger partial charge in [0.15, 0.2) is 0 Å². The Kier molecular flexibility index (Phi) is 7.72. The van der Waals surface area contributed by atoms with Gasteiger partial charge in [0.1, 0.15) is 23.3 Å². The molecule has 1 fully saturated rings. The van der Waals surface area contributed by atoms with E-state index in [4.69, 9.17) is 10.00 Å². The van der Waals surface area contributed by atoms with Crippen molar-refractivity contribution in [3.63, 3.8) is 0 Å². The zero-order valence-corrected chi connectivity index (χ0v) is 17.6. The number of nitriles is 1. The van der Waals surface area contributed by atoms with E-state index in [2.05, 4.69) is 6.92 Å². The molecule has 0 amide bonds. The first kappa shape index (κ1) is 23.3. The summed E-state index contributed by atoms with van der Waals surface area (Å²) in [4.78, 5) is 0. The van der Waals surface area contributed by atoms with Gasteiger partial charge in [-0.1, -0.05) is 44.0 Å². The average Bonchev–Trinajstić information content (AvgIpc) is 2.74. The maximum Gasteiger partial charge on any atom is 0.383 e. The molecule has 0 saturated heterocycles. The lowest BCUT2D eigenvalue weighted by atomic mass is 9.77. The number of hydrogen-bond donors (Lipinski definition) is 0. The van der Waals surface area contributed by atoms with E-state index in [0.29, 0.717) is 5.92 Å². The molecule has 0 unspecified atom stereocenters. The average molecular weight is 433 g/mol. The monoisotopic (exact) mass is 433 g/mol. The summed E-state index contributed by atoms with van der Waals surface area (Å²) in [6.07, 6.45) is 3.43. The number of alkyl halides is 2. The molecular weight excluding hydrogens is 406 g/mol. The zero-order chi connectivity index (χ0) is 22.4. The van der Waals surface area contributed by atoms with E-state index in [-0.39, 0.29) is 17.5 Å². The summed E-state index contributed by atoms with van der Waals surface area (Å²) in [6, 6.07) is 9.66. The zero-order valence-electron chi connectivity index (χ0n) is 17.6. The summed E-state index contributed by atoms with van der Waals surface area (Å²) in [5.74, 6) is -0.818. The van der Waals surface area contributed by atoms with Crippen LogP contribution >= 0.6 is 0 Å². The minimum absolute atomic E-state index is 0.103. The molecule has 31 heavy (non-hydrogen) atoms. The highest BCUT2D eigenvalue weighted by Gasteiger charge is 2.33. The molecule has 0 N–H and O–H groups in total. The lowest BCUT2D eigenvalue weighted by Crippen LogP contribution is -2.20. The van der Waals surface area contributed by atoms with Gasteiger partial charge in [-0.3, -0.25) is 0 Å². The summed E-state index contributed by atoms with van der Waals surface area (Å²) >= 11 is 0. The van der Waals surface area contributed by atoms with Gasteiger partial charge in [-0.25, -0.2) is 8.78 Å². The Bertz CT molecular complexity index is 889. The number of rotatable bonds is 8. The molecule has 0 spiro atoms. The van der Waals surface area contributed by atoms with Crippen molar-refractivity contribution in [3.8, 4) is 6.07 Å². The third-order valence-corrected chi connectivity index (χ3v) is 6.15. The third-order valence-electron chi connectivity index (χ3n) is 6.15. The SMILES string of the molecule is CCCC1CCC(c2ccc(C(F)(F)OCCc3cc(F)c(C#N)c(F)c3)cc2)CC1. The fourth-order valence-corrected chi connectivity index (χ4v) is 4.40. The Morgan fingerprint density at radius 1 is 1.03 bits per heavy atom. The molecule has 2 nitrogen and oxygen atoms in total. The summed E-state index contributed by atoms with van der Waals surface area (Å²) in [6.45, 7) is 1.79. The highest BCUT2D eigenvalue weighted by molar-refractivity contribution is 5.35. The van der Waals surface area contributed by atoms with Crippen LogP contribution in [0, 0.1) is 28.9 Å². The van der Waals surface area contributed by atoms with E-state index < -0.39 is 29.9 Å². The van der Waals surface area contributed by atoms with Crippen molar-refractivity contribution in [3.05, 3.63) is 70.3 Å². The quantitative estimate of drug-likeness (QED) is 0.412. The lowest BCUT2D eigenvalue weighted by molar-refractivity contribution is -0.248. The van der Waals surface area contributed by atoms with Gasteiger partial charge in [0, 0.05) is 0 Å². The molecule has 0 bridgehead atoms. The smallest absolute Gasteiger partial charge is 0.316 e.